The molecule has 14 rings (SSSR count). The molecule has 2 aliphatic heterocycles. The van der Waals surface area contributed by atoms with E-state index in [1.165, 1.54) is 39.6 Å². The first-order valence-corrected chi connectivity index (χ1v) is 21.0. The van der Waals surface area contributed by atoms with Crippen LogP contribution in [0, 0.1) is 6.92 Å². The number of rotatable bonds is 1. The minimum atomic E-state index is -0.281. The van der Waals surface area contributed by atoms with Crippen LogP contribution < -0.4 is 15.8 Å². The molecule has 282 valence electrons. The Morgan fingerprint density at radius 1 is 0.525 bits per heavy atom. The van der Waals surface area contributed by atoms with Gasteiger partial charge in [0, 0.05) is 71.5 Å². The first-order chi connectivity index (χ1) is 28.7. The van der Waals surface area contributed by atoms with Crippen LogP contribution in [-0.2, 0) is 10.8 Å². The van der Waals surface area contributed by atoms with Crippen molar-refractivity contribution < 1.29 is 13.3 Å². The Morgan fingerprint density at radius 2 is 1.15 bits per heavy atom. The highest BCUT2D eigenvalue weighted by Crippen LogP contribution is 2.54. The Hall–Kier alpha value is -6.66. The van der Waals surface area contributed by atoms with Crippen molar-refractivity contribution >= 4 is 112 Å². The van der Waals surface area contributed by atoms with Gasteiger partial charge in [-0.05, 0) is 95.2 Å². The second-order valence-corrected chi connectivity index (χ2v) is 18.7. The van der Waals surface area contributed by atoms with E-state index in [0.717, 1.165) is 106 Å². The molecule has 5 nitrogen and oxygen atoms in total. The standard InChI is InChI=1S/C53H39BN2O3/c1-28-25-36-37(53(4,5)24-23-52(36,2)3)27-39(28)55-38-22-21-31-29-13-6-9-18-41(29)58-50(31)47(38)54-46-40(55)26-35-30-14-7-10-19-42(30)57-49(35)45(46)34-17-12-16-33-44-32-15-8-11-20-43(32)59-51(44)56(54)48(33)34/h6-22,25-27H,23-24H2,1-5H3. The zero-order valence-corrected chi connectivity index (χ0v) is 33.7. The number of para-hydroxylation sites is 4. The van der Waals surface area contributed by atoms with E-state index in [4.69, 9.17) is 13.3 Å². The van der Waals surface area contributed by atoms with Crippen molar-refractivity contribution in [2.24, 2.45) is 0 Å². The van der Waals surface area contributed by atoms with Crippen LogP contribution in [-0.4, -0.2) is 11.3 Å². The van der Waals surface area contributed by atoms with Crippen LogP contribution in [0.3, 0.4) is 0 Å². The van der Waals surface area contributed by atoms with E-state index in [9.17, 15) is 0 Å². The molecule has 0 fully saturated rings. The Morgan fingerprint density at radius 3 is 1.90 bits per heavy atom. The van der Waals surface area contributed by atoms with Gasteiger partial charge in [-0.3, -0.25) is 0 Å². The summed E-state index contributed by atoms with van der Waals surface area (Å²) in [6.07, 6.45) is 2.31. The van der Waals surface area contributed by atoms with Gasteiger partial charge in [-0.2, -0.15) is 0 Å². The summed E-state index contributed by atoms with van der Waals surface area (Å²) >= 11 is 0. The monoisotopic (exact) mass is 762 g/mol. The van der Waals surface area contributed by atoms with Crippen LogP contribution in [0.2, 0.25) is 0 Å². The zero-order valence-electron chi connectivity index (χ0n) is 33.7. The van der Waals surface area contributed by atoms with Crippen molar-refractivity contribution in [3.8, 4) is 11.1 Å². The third-order valence-electron chi connectivity index (χ3n) is 14.6. The van der Waals surface area contributed by atoms with Crippen molar-refractivity contribution in [1.29, 1.82) is 0 Å². The third-order valence-corrected chi connectivity index (χ3v) is 14.6. The van der Waals surface area contributed by atoms with Crippen LogP contribution >= 0.6 is 0 Å². The smallest absolute Gasteiger partial charge is 0.340 e. The fourth-order valence-corrected chi connectivity index (χ4v) is 11.6. The van der Waals surface area contributed by atoms with Crippen LogP contribution in [0.25, 0.3) is 88.0 Å². The summed E-state index contributed by atoms with van der Waals surface area (Å²) in [6.45, 7) is 11.7. The molecule has 0 N–H and O–H groups in total. The average molecular weight is 763 g/mol. The number of hydrogen-bond acceptors (Lipinski definition) is 4. The molecule has 59 heavy (non-hydrogen) atoms. The second kappa shape index (κ2) is 10.5. The van der Waals surface area contributed by atoms with Gasteiger partial charge in [0.2, 0.25) is 0 Å². The molecule has 7 aromatic carbocycles. The molecule has 0 bridgehead atoms. The number of hydrogen-bond donors (Lipinski definition) is 0. The van der Waals surface area contributed by atoms with Gasteiger partial charge in [-0.15, -0.1) is 0 Å². The molecular formula is C53H39BN2O3. The van der Waals surface area contributed by atoms with Gasteiger partial charge in [0.15, 0.2) is 5.71 Å². The van der Waals surface area contributed by atoms with Crippen molar-refractivity contribution in [3.63, 3.8) is 0 Å². The summed E-state index contributed by atoms with van der Waals surface area (Å²) in [5.41, 5.74) is 18.9. The van der Waals surface area contributed by atoms with Crippen LogP contribution in [0.4, 0.5) is 17.1 Å². The minimum absolute atomic E-state index is 0.0316. The molecule has 0 saturated carbocycles. The number of nitrogens with zero attached hydrogens (tertiary/aromatic N) is 2. The summed E-state index contributed by atoms with van der Waals surface area (Å²) in [7, 11) is 0. The zero-order chi connectivity index (χ0) is 39.3. The summed E-state index contributed by atoms with van der Waals surface area (Å²) in [5, 5.41) is 7.92. The first-order valence-electron chi connectivity index (χ1n) is 21.0. The maximum absolute atomic E-state index is 7.10. The van der Waals surface area contributed by atoms with Crippen LogP contribution in [0.15, 0.2) is 135 Å². The maximum Gasteiger partial charge on any atom is 0.340 e. The second-order valence-electron chi connectivity index (χ2n) is 18.7. The average Bonchev–Trinajstić information content (AvgIpc) is 4.00. The molecular weight excluding hydrogens is 723 g/mol. The number of benzene rings is 7. The predicted octanol–water partition coefficient (Wildman–Crippen LogP) is 13.4. The number of fused-ring (bicyclic) bond motifs is 18. The molecule has 0 amide bonds. The molecule has 0 spiro atoms. The third kappa shape index (κ3) is 3.84. The maximum atomic E-state index is 7.10. The molecule has 0 atom stereocenters. The lowest BCUT2D eigenvalue weighted by atomic mass is 9.44. The largest absolute Gasteiger partial charge is 0.456 e. The topological polar surface area (TPSA) is 47.6 Å². The van der Waals surface area contributed by atoms with E-state index in [-0.39, 0.29) is 17.7 Å². The Bertz CT molecular complexity index is 3720. The highest BCUT2D eigenvalue weighted by Gasteiger charge is 2.48. The fourth-order valence-electron chi connectivity index (χ4n) is 11.6. The van der Waals surface area contributed by atoms with E-state index in [1.54, 1.807) is 0 Å². The summed E-state index contributed by atoms with van der Waals surface area (Å²) in [4.78, 5) is 2.57. The van der Waals surface area contributed by atoms with Gasteiger partial charge >= 0.3 is 6.85 Å². The number of aromatic nitrogens is 1. The van der Waals surface area contributed by atoms with Gasteiger partial charge in [0.25, 0.3) is 0 Å². The Labute approximate surface area is 340 Å². The van der Waals surface area contributed by atoms with E-state index in [0.29, 0.717) is 0 Å². The minimum Gasteiger partial charge on any atom is -0.456 e. The quantitative estimate of drug-likeness (QED) is 0.156. The van der Waals surface area contributed by atoms with Crippen LogP contribution in [0.5, 0.6) is 0 Å². The lowest BCUT2D eigenvalue weighted by molar-refractivity contribution is 0.332. The summed E-state index contributed by atoms with van der Waals surface area (Å²) < 4.78 is 23.6. The molecule has 1 aliphatic carbocycles. The predicted molar refractivity (Wildman–Crippen MR) is 244 cm³/mol. The first kappa shape index (κ1) is 32.3. The Kier molecular flexibility index (Phi) is 5.75. The highest BCUT2D eigenvalue weighted by atomic mass is 16.3. The normalized spacial score (nSPS) is 16.3. The van der Waals surface area contributed by atoms with Gasteiger partial charge < -0.3 is 22.6 Å². The van der Waals surface area contributed by atoms with Crippen molar-refractivity contribution in [3.05, 3.63) is 138 Å². The van der Waals surface area contributed by atoms with Gasteiger partial charge in [0.05, 0.1) is 5.39 Å². The van der Waals surface area contributed by atoms with Crippen molar-refractivity contribution in [2.45, 2.75) is 58.3 Å². The van der Waals surface area contributed by atoms with Crippen molar-refractivity contribution in [1.82, 2.24) is 4.48 Å². The Balaban J connectivity index is 1.22. The molecule has 6 heteroatoms. The number of furan rings is 3. The molecule has 0 saturated heterocycles. The molecule has 6 heterocycles. The molecule has 11 aromatic rings. The number of aryl methyl sites for hydroxylation is 1. The van der Waals surface area contributed by atoms with Crippen molar-refractivity contribution in [2.75, 3.05) is 4.90 Å². The van der Waals surface area contributed by atoms with E-state index in [2.05, 4.69) is 165 Å². The lowest BCUT2D eigenvalue weighted by Gasteiger charge is -2.44. The fraction of sp³-hybridized carbons (Fsp3) is 0.170. The number of anilines is 3. The molecule has 4 aromatic heterocycles. The summed E-state index contributed by atoms with van der Waals surface area (Å²) in [5.74, 6) is 0. The van der Waals surface area contributed by atoms with Gasteiger partial charge in [-0.25, -0.2) is 0 Å². The van der Waals surface area contributed by atoms with Gasteiger partial charge in [0.1, 0.15) is 27.9 Å². The van der Waals surface area contributed by atoms with E-state index in [1.807, 2.05) is 0 Å². The molecule has 3 aliphatic rings. The summed E-state index contributed by atoms with van der Waals surface area (Å²) in [6, 6.07) is 44.3. The molecule has 0 unspecified atom stereocenters. The van der Waals surface area contributed by atoms with Crippen LogP contribution in [0.1, 0.15) is 57.2 Å². The SMILES string of the molecule is Cc1cc2c(cc1N1c3cc4c(oc5ccccc54)c4c3B(c3c1ccc1c3oc3ccccc31)n1c3oc5ccccc5c3c3cccc-4c31)C(C)(C)CCC2(C)C. The highest BCUT2D eigenvalue weighted by molar-refractivity contribution is 6.92. The molecule has 0 radical (unpaired) electrons. The van der Waals surface area contributed by atoms with E-state index < -0.39 is 0 Å². The van der Waals surface area contributed by atoms with Gasteiger partial charge in [-0.1, -0.05) is 107 Å². The lowest BCUT2D eigenvalue weighted by Crippen LogP contribution is -2.57. The van der Waals surface area contributed by atoms with E-state index >= 15 is 0 Å².